The number of nitrogens with zero attached hydrogens (tertiary/aromatic N) is 1. The summed E-state index contributed by atoms with van der Waals surface area (Å²) in [5.74, 6) is 0.982. The van der Waals surface area contributed by atoms with Gasteiger partial charge in [-0.25, -0.2) is 0 Å². The summed E-state index contributed by atoms with van der Waals surface area (Å²) in [5, 5.41) is 8.71. The molecule has 0 unspecified atom stereocenters. The number of likely N-dealkylation sites (tertiary alicyclic amines) is 1. The molecule has 2 heteroatoms. The smallest absolute Gasteiger partial charge is 0.0443 e. The number of hydrogen-bond donors (Lipinski definition) is 1. The highest BCUT2D eigenvalue weighted by Gasteiger charge is 2.17. The van der Waals surface area contributed by atoms with Crippen molar-refractivity contribution < 1.29 is 5.11 Å². The van der Waals surface area contributed by atoms with Crippen LogP contribution in [0.1, 0.15) is 39.0 Å². The molecule has 1 aliphatic rings. The van der Waals surface area contributed by atoms with Crippen molar-refractivity contribution in [3.05, 3.63) is 0 Å². The minimum absolute atomic E-state index is 0.342. The molecule has 1 saturated heterocycles. The van der Waals surface area contributed by atoms with Crippen molar-refractivity contribution in [3.8, 4) is 0 Å². The molecule has 0 bridgehead atoms. The topological polar surface area (TPSA) is 23.5 Å². The fourth-order valence-electron chi connectivity index (χ4n) is 2.20. The summed E-state index contributed by atoms with van der Waals surface area (Å²) < 4.78 is 0. The minimum Gasteiger partial charge on any atom is -0.396 e. The Labute approximate surface area is 81.9 Å². The van der Waals surface area contributed by atoms with Gasteiger partial charge in [0.25, 0.3) is 0 Å². The van der Waals surface area contributed by atoms with Crippen LogP contribution in [-0.4, -0.2) is 36.2 Å². The zero-order chi connectivity index (χ0) is 9.52. The Balaban J connectivity index is 2.08. The van der Waals surface area contributed by atoms with E-state index in [2.05, 4.69) is 11.8 Å². The summed E-state index contributed by atoms with van der Waals surface area (Å²) in [5.41, 5.74) is 0. The zero-order valence-electron chi connectivity index (χ0n) is 8.84. The van der Waals surface area contributed by atoms with Crippen LogP contribution >= 0.6 is 0 Å². The average molecular weight is 185 g/mol. The van der Waals surface area contributed by atoms with Gasteiger partial charge in [-0.3, -0.25) is 0 Å². The van der Waals surface area contributed by atoms with E-state index in [1.54, 1.807) is 0 Å². The summed E-state index contributed by atoms with van der Waals surface area (Å²) in [6.07, 6.45) is 6.44. The van der Waals surface area contributed by atoms with Gasteiger partial charge in [0.1, 0.15) is 0 Å². The number of piperidine rings is 1. The van der Waals surface area contributed by atoms with Crippen LogP contribution in [0.25, 0.3) is 0 Å². The molecular formula is C11H23NO. The number of aliphatic hydroxyl groups is 1. The first kappa shape index (κ1) is 11.0. The van der Waals surface area contributed by atoms with Gasteiger partial charge in [-0.05, 0) is 38.3 Å². The van der Waals surface area contributed by atoms with E-state index in [-0.39, 0.29) is 0 Å². The summed E-state index contributed by atoms with van der Waals surface area (Å²) in [7, 11) is 0. The predicted octanol–water partition coefficient (Wildman–Crippen LogP) is 1.88. The van der Waals surface area contributed by atoms with E-state index in [0.29, 0.717) is 6.61 Å². The lowest BCUT2D eigenvalue weighted by Crippen LogP contribution is -2.34. The summed E-state index contributed by atoms with van der Waals surface area (Å²) >= 11 is 0. The van der Waals surface area contributed by atoms with E-state index in [9.17, 15) is 0 Å². The average Bonchev–Trinajstić information content (AvgIpc) is 2.17. The largest absolute Gasteiger partial charge is 0.396 e. The molecule has 0 aromatic rings. The number of rotatable bonds is 5. The van der Waals surface area contributed by atoms with Gasteiger partial charge < -0.3 is 10.0 Å². The van der Waals surface area contributed by atoms with Crippen LogP contribution in [0.15, 0.2) is 0 Å². The zero-order valence-corrected chi connectivity index (χ0v) is 8.84. The lowest BCUT2D eigenvalue weighted by Gasteiger charge is -2.31. The fourth-order valence-corrected chi connectivity index (χ4v) is 2.20. The van der Waals surface area contributed by atoms with Crippen LogP contribution in [0, 0.1) is 5.92 Å². The third-order valence-corrected chi connectivity index (χ3v) is 3.04. The van der Waals surface area contributed by atoms with Gasteiger partial charge in [0.15, 0.2) is 0 Å². The van der Waals surface area contributed by atoms with Crippen LogP contribution in [-0.2, 0) is 0 Å². The Morgan fingerprint density at radius 3 is 2.54 bits per heavy atom. The Morgan fingerprint density at radius 1 is 1.31 bits per heavy atom. The Hall–Kier alpha value is -0.0800. The maximum atomic E-state index is 8.71. The van der Waals surface area contributed by atoms with E-state index >= 15 is 0 Å². The highest BCUT2D eigenvalue weighted by atomic mass is 16.3. The quantitative estimate of drug-likeness (QED) is 0.707. The molecule has 0 radical (unpaired) electrons. The molecule has 78 valence electrons. The summed E-state index contributed by atoms with van der Waals surface area (Å²) in [6, 6.07) is 0. The van der Waals surface area contributed by atoms with Gasteiger partial charge in [0.05, 0.1) is 0 Å². The molecule has 0 amide bonds. The van der Waals surface area contributed by atoms with Crippen LogP contribution in [0.2, 0.25) is 0 Å². The van der Waals surface area contributed by atoms with Crippen molar-refractivity contribution in [3.63, 3.8) is 0 Å². The molecule has 0 aromatic heterocycles. The molecule has 1 aliphatic heterocycles. The van der Waals surface area contributed by atoms with E-state index in [0.717, 1.165) is 18.9 Å². The van der Waals surface area contributed by atoms with Gasteiger partial charge in [0, 0.05) is 13.2 Å². The van der Waals surface area contributed by atoms with Gasteiger partial charge in [-0.15, -0.1) is 0 Å². The van der Waals surface area contributed by atoms with Gasteiger partial charge >= 0.3 is 0 Å². The number of aliphatic hydroxyl groups excluding tert-OH is 1. The van der Waals surface area contributed by atoms with Crippen molar-refractivity contribution in [1.29, 1.82) is 0 Å². The first-order valence-corrected chi connectivity index (χ1v) is 5.70. The highest BCUT2D eigenvalue weighted by Crippen LogP contribution is 2.21. The lowest BCUT2D eigenvalue weighted by atomic mass is 9.92. The molecule has 0 spiro atoms. The van der Waals surface area contributed by atoms with E-state index in [4.69, 9.17) is 5.11 Å². The first-order chi connectivity index (χ1) is 6.36. The summed E-state index contributed by atoms with van der Waals surface area (Å²) in [6.45, 7) is 6.22. The maximum absolute atomic E-state index is 8.71. The van der Waals surface area contributed by atoms with Crippen molar-refractivity contribution in [1.82, 2.24) is 4.90 Å². The minimum atomic E-state index is 0.342. The molecule has 0 saturated carbocycles. The monoisotopic (exact) mass is 185 g/mol. The molecular weight excluding hydrogens is 162 g/mol. The second-order valence-corrected chi connectivity index (χ2v) is 4.15. The maximum Gasteiger partial charge on any atom is 0.0443 e. The van der Waals surface area contributed by atoms with E-state index in [1.165, 1.54) is 38.8 Å². The van der Waals surface area contributed by atoms with E-state index in [1.807, 2.05) is 0 Å². The molecule has 1 rings (SSSR count). The SMILES string of the molecule is CCCC1CCN(CCCO)CC1. The molecule has 2 nitrogen and oxygen atoms in total. The highest BCUT2D eigenvalue weighted by molar-refractivity contribution is 4.71. The van der Waals surface area contributed by atoms with Gasteiger partial charge in [-0.2, -0.15) is 0 Å². The van der Waals surface area contributed by atoms with Crippen LogP contribution < -0.4 is 0 Å². The standard InChI is InChI=1S/C11H23NO/c1-2-4-11-5-8-12(9-6-11)7-3-10-13/h11,13H,2-10H2,1H3. The van der Waals surface area contributed by atoms with Gasteiger partial charge in [-0.1, -0.05) is 19.8 Å². The lowest BCUT2D eigenvalue weighted by molar-refractivity contribution is 0.163. The third kappa shape index (κ3) is 4.10. The molecule has 1 N–H and O–H groups in total. The Bertz CT molecular complexity index is 119. The van der Waals surface area contributed by atoms with Crippen LogP contribution in [0.4, 0.5) is 0 Å². The van der Waals surface area contributed by atoms with Gasteiger partial charge in [0.2, 0.25) is 0 Å². The predicted molar refractivity (Wildman–Crippen MR) is 55.8 cm³/mol. The normalized spacial score (nSPS) is 20.8. The van der Waals surface area contributed by atoms with Crippen molar-refractivity contribution in [2.45, 2.75) is 39.0 Å². The molecule has 0 aliphatic carbocycles. The fraction of sp³-hybridized carbons (Fsp3) is 1.00. The molecule has 0 atom stereocenters. The Kier molecular flexibility index (Phi) is 5.40. The van der Waals surface area contributed by atoms with Crippen LogP contribution in [0.3, 0.4) is 0 Å². The number of hydrogen-bond acceptors (Lipinski definition) is 2. The van der Waals surface area contributed by atoms with Crippen molar-refractivity contribution >= 4 is 0 Å². The second kappa shape index (κ2) is 6.39. The molecule has 1 fully saturated rings. The van der Waals surface area contributed by atoms with E-state index < -0.39 is 0 Å². The van der Waals surface area contributed by atoms with Crippen molar-refractivity contribution in [2.75, 3.05) is 26.2 Å². The van der Waals surface area contributed by atoms with Crippen LogP contribution in [0.5, 0.6) is 0 Å². The third-order valence-electron chi connectivity index (χ3n) is 3.04. The summed E-state index contributed by atoms with van der Waals surface area (Å²) in [4.78, 5) is 2.49. The molecule has 13 heavy (non-hydrogen) atoms. The Morgan fingerprint density at radius 2 is 2.00 bits per heavy atom. The molecule has 0 aromatic carbocycles. The molecule has 1 heterocycles. The first-order valence-electron chi connectivity index (χ1n) is 5.70. The second-order valence-electron chi connectivity index (χ2n) is 4.15. The van der Waals surface area contributed by atoms with Crippen molar-refractivity contribution in [2.24, 2.45) is 5.92 Å².